The van der Waals surface area contributed by atoms with Crippen LogP contribution in [0.1, 0.15) is 22.3 Å². The van der Waals surface area contributed by atoms with Crippen molar-refractivity contribution < 1.29 is 28.0 Å². The minimum Gasteiger partial charge on any atom is -0.379 e. The van der Waals surface area contributed by atoms with E-state index in [4.69, 9.17) is 0 Å². The largest absolute Gasteiger partial charge is 0.419 e. The van der Waals surface area contributed by atoms with Gasteiger partial charge < -0.3 is 10.0 Å². The number of aryl methyl sites for hydroxylation is 1. The number of hydrogen-bond acceptors (Lipinski definition) is 4. The summed E-state index contributed by atoms with van der Waals surface area (Å²) < 4.78 is 38.2. The van der Waals surface area contributed by atoms with E-state index in [0.29, 0.717) is 0 Å². The topological polar surface area (TPSA) is 83.7 Å². The van der Waals surface area contributed by atoms with Crippen molar-refractivity contribution in [2.45, 2.75) is 25.1 Å². The minimum absolute atomic E-state index is 0.0505. The molecule has 0 unspecified atom stereocenters. The van der Waals surface area contributed by atoms with Crippen molar-refractivity contribution in [3.05, 3.63) is 39.4 Å². The highest BCUT2D eigenvalue weighted by molar-refractivity contribution is 5.95. The van der Waals surface area contributed by atoms with Crippen LogP contribution in [-0.2, 0) is 0 Å². The third-order valence-electron chi connectivity index (χ3n) is 3.70. The summed E-state index contributed by atoms with van der Waals surface area (Å²) in [5.41, 5.74) is -2.79. The highest BCUT2D eigenvalue weighted by Gasteiger charge is 2.57. The van der Waals surface area contributed by atoms with E-state index in [1.54, 1.807) is 0 Å². The van der Waals surface area contributed by atoms with E-state index in [0.717, 1.165) is 11.0 Å². The predicted molar refractivity (Wildman–Crippen MR) is 69.4 cm³/mol. The Kier molecular flexibility index (Phi) is 3.86. The van der Waals surface area contributed by atoms with Crippen molar-refractivity contribution in [1.29, 1.82) is 0 Å². The number of nitro groups is 1. The monoisotopic (exact) mass is 318 g/mol. The summed E-state index contributed by atoms with van der Waals surface area (Å²) in [6, 6.07) is 3.58. The summed E-state index contributed by atoms with van der Waals surface area (Å²) in [6.07, 6.45) is -5.40. The second-order valence-corrected chi connectivity index (χ2v) is 5.26. The van der Waals surface area contributed by atoms with Gasteiger partial charge in [0.25, 0.3) is 11.6 Å². The fourth-order valence-electron chi connectivity index (χ4n) is 2.37. The molecule has 0 saturated carbocycles. The molecular formula is C13H13F3N2O4. The molecule has 1 atom stereocenters. The maximum atomic E-state index is 12.7. The molecule has 1 N–H and O–H groups in total. The normalized spacial score (nSPS) is 22.0. The van der Waals surface area contributed by atoms with Crippen molar-refractivity contribution >= 4 is 11.6 Å². The van der Waals surface area contributed by atoms with Gasteiger partial charge in [-0.2, -0.15) is 13.2 Å². The maximum absolute atomic E-state index is 12.7. The molecule has 9 heteroatoms. The number of rotatable bonds is 2. The van der Waals surface area contributed by atoms with Crippen LogP contribution in [0.2, 0.25) is 0 Å². The lowest BCUT2D eigenvalue weighted by molar-refractivity contribution is -0.385. The summed E-state index contributed by atoms with van der Waals surface area (Å²) in [6.45, 7) is 0.362. The number of likely N-dealkylation sites (tertiary alicyclic amines) is 1. The third-order valence-corrected chi connectivity index (χ3v) is 3.70. The quantitative estimate of drug-likeness (QED) is 0.668. The number of β-amino-alcohol motifs (C(OH)–C–C–N with tert-alkyl or cyclic N) is 1. The maximum Gasteiger partial charge on any atom is 0.419 e. The zero-order chi connectivity index (χ0) is 16.7. The smallest absolute Gasteiger partial charge is 0.379 e. The number of halogens is 3. The zero-order valence-corrected chi connectivity index (χ0v) is 11.6. The van der Waals surface area contributed by atoms with Gasteiger partial charge in [0.05, 0.1) is 11.5 Å². The molecule has 1 heterocycles. The number of benzene rings is 1. The van der Waals surface area contributed by atoms with Crippen LogP contribution >= 0.6 is 0 Å². The highest BCUT2D eigenvalue weighted by Crippen LogP contribution is 2.38. The predicted octanol–water partition coefficient (Wildman–Crippen LogP) is 2.04. The van der Waals surface area contributed by atoms with Gasteiger partial charge in [-0.1, -0.05) is 0 Å². The molecule has 1 amide bonds. The van der Waals surface area contributed by atoms with Crippen molar-refractivity contribution in [3.63, 3.8) is 0 Å². The van der Waals surface area contributed by atoms with Gasteiger partial charge in [-0.05, 0) is 19.1 Å². The molecule has 0 radical (unpaired) electrons. The number of nitro benzene ring substituents is 1. The summed E-state index contributed by atoms with van der Waals surface area (Å²) in [4.78, 5) is 23.2. The molecule has 1 aromatic carbocycles. The van der Waals surface area contributed by atoms with Gasteiger partial charge in [0, 0.05) is 30.2 Å². The number of carbonyl (C=O) groups excluding carboxylic acids is 1. The van der Waals surface area contributed by atoms with E-state index in [9.17, 15) is 33.2 Å². The molecular weight excluding hydrogens is 305 g/mol. The molecule has 0 aromatic heterocycles. The van der Waals surface area contributed by atoms with Crippen LogP contribution in [0.5, 0.6) is 0 Å². The fourth-order valence-corrected chi connectivity index (χ4v) is 2.37. The van der Waals surface area contributed by atoms with E-state index < -0.39 is 35.6 Å². The lowest BCUT2D eigenvalue weighted by atomic mass is 10.0. The standard InChI is InChI=1S/C13H13F3N2O4/c1-8-6-9(2-3-10(8)18(21)22)11(19)17-5-4-12(20,7-17)13(14,15)16/h2-3,6,20H,4-5,7H2,1H3/t12-/m1/s1. The van der Waals surface area contributed by atoms with E-state index in [2.05, 4.69) is 0 Å². The lowest BCUT2D eigenvalue weighted by Crippen LogP contribution is -2.48. The van der Waals surface area contributed by atoms with Crippen LogP contribution in [-0.4, -0.2) is 45.7 Å². The SMILES string of the molecule is Cc1cc(C(=O)N2CC[C@](O)(C(F)(F)F)C2)ccc1[N+](=O)[O-]. The fraction of sp³-hybridized carbons (Fsp3) is 0.462. The molecule has 22 heavy (non-hydrogen) atoms. The lowest BCUT2D eigenvalue weighted by Gasteiger charge is -2.25. The van der Waals surface area contributed by atoms with E-state index in [1.165, 1.54) is 19.1 Å². The van der Waals surface area contributed by atoms with Gasteiger partial charge in [0.2, 0.25) is 0 Å². The molecule has 0 aliphatic carbocycles. The van der Waals surface area contributed by atoms with Gasteiger partial charge in [-0.3, -0.25) is 14.9 Å². The summed E-state index contributed by atoms with van der Waals surface area (Å²) in [5, 5.41) is 20.3. The van der Waals surface area contributed by atoms with Crippen molar-refractivity contribution in [3.8, 4) is 0 Å². The minimum atomic E-state index is -4.81. The van der Waals surface area contributed by atoms with Gasteiger partial charge in [-0.15, -0.1) is 0 Å². The second kappa shape index (κ2) is 5.24. The van der Waals surface area contributed by atoms with Gasteiger partial charge in [-0.25, -0.2) is 0 Å². The molecule has 6 nitrogen and oxygen atoms in total. The van der Waals surface area contributed by atoms with Crippen LogP contribution in [0.4, 0.5) is 18.9 Å². The molecule has 0 bridgehead atoms. The van der Waals surface area contributed by atoms with E-state index >= 15 is 0 Å². The molecule has 120 valence electrons. The van der Waals surface area contributed by atoms with Gasteiger partial charge in [0.15, 0.2) is 5.60 Å². The molecule has 2 rings (SSSR count). The first-order valence-electron chi connectivity index (χ1n) is 6.38. The molecule has 1 aliphatic rings. The number of nitrogens with zero attached hydrogens (tertiary/aromatic N) is 2. The van der Waals surface area contributed by atoms with Crippen molar-refractivity contribution in [1.82, 2.24) is 4.90 Å². The summed E-state index contributed by atoms with van der Waals surface area (Å²) in [5.74, 6) is -0.696. The van der Waals surface area contributed by atoms with Crippen LogP contribution in [0.25, 0.3) is 0 Å². The number of alkyl halides is 3. The van der Waals surface area contributed by atoms with Crippen LogP contribution < -0.4 is 0 Å². The Balaban J connectivity index is 2.20. The first-order valence-corrected chi connectivity index (χ1v) is 6.38. The first-order chi connectivity index (χ1) is 10.0. The van der Waals surface area contributed by atoms with Crippen molar-refractivity contribution in [2.24, 2.45) is 0 Å². The van der Waals surface area contributed by atoms with Crippen LogP contribution in [0.15, 0.2) is 18.2 Å². The number of amides is 1. The molecule has 1 fully saturated rings. The second-order valence-electron chi connectivity index (χ2n) is 5.26. The number of carbonyl (C=O) groups is 1. The number of hydrogen-bond donors (Lipinski definition) is 1. The average molecular weight is 318 g/mol. The molecule has 1 saturated heterocycles. The van der Waals surface area contributed by atoms with Crippen molar-refractivity contribution in [2.75, 3.05) is 13.1 Å². The van der Waals surface area contributed by atoms with Gasteiger partial charge >= 0.3 is 6.18 Å². The number of aliphatic hydroxyl groups is 1. The Bertz CT molecular complexity index is 632. The van der Waals surface area contributed by atoms with Crippen LogP contribution in [0.3, 0.4) is 0 Å². The molecule has 1 aromatic rings. The third kappa shape index (κ3) is 2.76. The zero-order valence-electron chi connectivity index (χ0n) is 11.6. The first kappa shape index (κ1) is 16.2. The Hall–Kier alpha value is -2.16. The Morgan fingerprint density at radius 3 is 2.55 bits per heavy atom. The molecule has 0 spiro atoms. The highest BCUT2D eigenvalue weighted by atomic mass is 19.4. The Labute approximate surface area is 123 Å². The summed E-state index contributed by atoms with van der Waals surface area (Å²) in [7, 11) is 0. The van der Waals surface area contributed by atoms with E-state index in [1.807, 2.05) is 0 Å². The average Bonchev–Trinajstić information content (AvgIpc) is 2.81. The van der Waals surface area contributed by atoms with Crippen LogP contribution in [0, 0.1) is 17.0 Å². The van der Waals surface area contributed by atoms with E-state index in [-0.39, 0.29) is 23.4 Å². The summed E-state index contributed by atoms with van der Waals surface area (Å²) >= 11 is 0. The Morgan fingerprint density at radius 1 is 1.45 bits per heavy atom. The Morgan fingerprint density at radius 2 is 2.09 bits per heavy atom. The molecule has 1 aliphatic heterocycles. The van der Waals surface area contributed by atoms with Gasteiger partial charge in [0.1, 0.15) is 0 Å².